The van der Waals surface area contributed by atoms with Gasteiger partial charge in [0.15, 0.2) is 0 Å². The summed E-state index contributed by atoms with van der Waals surface area (Å²) in [7, 11) is 0. The summed E-state index contributed by atoms with van der Waals surface area (Å²) in [5.41, 5.74) is 9.80. The van der Waals surface area contributed by atoms with Crippen molar-refractivity contribution in [1.29, 1.82) is 0 Å². The molecule has 25 heavy (non-hydrogen) atoms. The van der Waals surface area contributed by atoms with Crippen molar-refractivity contribution in [3.63, 3.8) is 0 Å². The van der Waals surface area contributed by atoms with E-state index in [0.29, 0.717) is 6.54 Å². The summed E-state index contributed by atoms with van der Waals surface area (Å²) in [5, 5.41) is 4.84. The molecule has 0 saturated heterocycles. The third-order valence-corrected chi connectivity index (χ3v) is 4.35. The minimum Gasteiger partial charge on any atom is -0.329 e. The van der Waals surface area contributed by atoms with Gasteiger partial charge in [0.2, 0.25) is 0 Å². The molecular weight excluding hydrogens is 313 g/mol. The van der Waals surface area contributed by atoms with Gasteiger partial charge in [-0.3, -0.25) is 0 Å². The Labute approximate surface area is 148 Å². The first-order chi connectivity index (χ1) is 11.9. The SMILES string of the molecule is CC(C)(C)c1cc(C(CN)c2cccc(F)c2)n(-c2ccccc2)n1. The van der Waals surface area contributed by atoms with Crippen molar-refractivity contribution in [2.75, 3.05) is 6.54 Å². The number of nitrogens with zero attached hydrogens (tertiary/aromatic N) is 2. The predicted molar refractivity (Wildman–Crippen MR) is 99.6 cm³/mol. The molecule has 130 valence electrons. The van der Waals surface area contributed by atoms with Gasteiger partial charge in [-0.15, -0.1) is 0 Å². The summed E-state index contributed by atoms with van der Waals surface area (Å²) in [6.07, 6.45) is 0. The first kappa shape index (κ1) is 17.4. The summed E-state index contributed by atoms with van der Waals surface area (Å²) in [4.78, 5) is 0. The monoisotopic (exact) mass is 337 g/mol. The smallest absolute Gasteiger partial charge is 0.123 e. The zero-order chi connectivity index (χ0) is 18.0. The third kappa shape index (κ3) is 3.64. The molecule has 0 fully saturated rings. The van der Waals surface area contributed by atoms with Gasteiger partial charge in [-0.2, -0.15) is 5.10 Å². The fraction of sp³-hybridized carbons (Fsp3) is 0.286. The number of hydrogen-bond acceptors (Lipinski definition) is 2. The minimum atomic E-state index is -0.252. The Bertz CT molecular complexity index is 847. The van der Waals surface area contributed by atoms with Gasteiger partial charge in [0, 0.05) is 17.9 Å². The Morgan fingerprint density at radius 3 is 2.36 bits per heavy atom. The van der Waals surface area contributed by atoms with Crippen LogP contribution in [0.1, 0.15) is 43.6 Å². The van der Waals surface area contributed by atoms with Gasteiger partial charge in [-0.25, -0.2) is 9.07 Å². The van der Waals surface area contributed by atoms with E-state index in [2.05, 4.69) is 26.8 Å². The van der Waals surface area contributed by atoms with E-state index in [-0.39, 0.29) is 17.2 Å². The van der Waals surface area contributed by atoms with Crippen LogP contribution in [-0.2, 0) is 5.41 Å². The summed E-state index contributed by atoms with van der Waals surface area (Å²) in [6.45, 7) is 6.78. The van der Waals surface area contributed by atoms with E-state index in [4.69, 9.17) is 10.8 Å². The Morgan fingerprint density at radius 2 is 1.76 bits per heavy atom. The van der Waals surface area contributed by atoms with Crippen molar-refractivity contribution < 1.29 is 4.39 Å². The lowest BCUT2D eigenvalue weighted by atomic mass is 9.90. The van der Waals surface area contributed by atoms with Crippen molar-refractivity contribution in [2.24, 2.45) is 5.73 Å². The van der Waals surface area contributed by atoms with Crippen LogP contribution >= 0.6 is 0 Å². The van der Waals surface area contributed by atoms with E-state index in [9.17, 15) is 4.39 Å². The molecule has 4 heteroatoms. The van der Waals surface area contributed by atoms with Crippen molar-refractivity contribution in [3.8, 4) is 5.69 Å². The van der Waals surface area contributed by atoms with Crippen molar-refractivity contribution in [1.82, 2.24) is 9.78 Å². The second kappa shape index (κ2) is 6.81. The summed E-state index contributed by atoms with van der Waals surface area (Å²) >= 11 is 0. The molecular formula is C21H24FN3. The molecule has 1 heterocycles. The Kier molecular flexibility index (Phi) is 4.73. The third-order valence-electron chi connectivity index (χ3n) is 4.35. The van der Waals surface area contributed by atoms with Gasteiger partial charge in [-0.05, 0) is 35.9 Å². The average molecular weight is 337 g/mol. The average Bonchev–Trinajstić information content (AvgIpc) is 3.02. The second-order valence-electron chi connectivity index (χ2n) is 7.30. The van der Waals surface area contributed by atoms with Crippen LogP contribution in [0.4, 0.5) is 4.39 Å². The lowest BCUT2D eigenvalue weighted by Gasteiger charge is -2.17. The van der Waals surface area contributed by atoms with Gasteiger partial charge in [0.25, 0.3) is 0 Å². The van der Waals surface area contributed by atoms with E-state index in [1.807, 2.05) is 41.1 Å². The van der Waals surface area contributed by atoms with E-state index in [1.54, 1.807) is 12.1 Å². The zero-order valence-corrected chi connectivity index (χ0v) is 14.9. The number of nitrogens with two attached hydrogens (primary N) is 1. The van der Waals surface area contributed by atoms with Crippen LogP contribution in [0.5, 0.6) is 0 Å². The molecule has 0 bridgehead atoms. The van der Waals surface area contributed by atoms with Gasteiger partial charge in [-0.1, -0.05) is 51.1 Å². The maximum atomic E-state index is 13.7. The number of para-hydroxylation sites is 1. The molecule has 2 aromatic carbocycles. The molecule has 1 atom stereocenters. The van der Waals surface area contributed by atoms with Crippen LogP contribution in [0.25, 0.3) is 5.69 Å². The van der Waals surface area contributed by atoms with E-state index in [1.165, 1.54) is 6.07 Å². The highest BCUT2D eigenvalue weighted by atomic mass is 19.1. The fourth-order valence-corrected chi connectivity index (χ4v) is 2.94. The highest BCUT2D eigenvalue weighted by molar-refractivity contribution is 5.39. The van der Waals surface area contributed by atoms with Crippen LogP contribution in [0.15, 0.2) is 60.7 Å². The number of rotatable bonds is 4. The normalized spacial score (nSPS) is 13.0. The largest absolute Gasteiger partial charge is 0.329 e. The molecule has 0 radical (unpaired) electrons. The number of hydrogen-bond donors (Lipinski definition) is 1. The maximum absolute atomic E-state index is 13.7. The van der Waals surface area contributed by atoms with Crippen LogP contribution in [0.3, 0.4) is 0 Å². The predicted octanol–water partition coefficient (Wildman–Crippen LogP) is 4.40. The quantitative estimate of drug-likeness (QED) is 0.767. The van der Waals surface area contributed by atoms with Gasteiger partial charge in [0.1, 0.15) is 5.82 Å². The van der Waals surface area contributed by atoms with Gasteiger partial charge < -0.3 is 5.73 Å². The number of benzene rings is 2. The highest BCUT2D eigenvalue weighted by Gasteiger charge is 2.25. The number of halogens is 1. The van der Waals surface area contributed by atoms with Gasteiger partial charge in [0.05, 0.1) is 17.1 Å². The summed E-state index contributed by atoms with van der Waals surface area (Å²) in [5.74, 6) is -0.378. The molecule has 0 aliphatic heterocycles. The van der Waals surface area contributed by atoms with Gasteiger partial charge >= 0.3 is 0 Å². The number of aromatic nitrogens is 2. The van der Waals surface area contributed by atoms with Crippen LogP contribution < -0.4 is 5.73 Å². The molecule has 0 aliphatic carbocycles. The minimum absolute atomic E-state index is 0.0874. The Hall–Kier alpha value is -2.46. The second-order valence-corrected chi connectivity index (χ2v) is 7.30. The molecule has 0 amide bonds. The molecule has 0 aliphatic rings. The summed E-state index contributed by atoms with van der Waals surface area (Å²) in [6, 6.07) is 18.7. The molecule has 2 N–H and O–H groups in total. The van der Waals surface area contributed by atoms with Crippen LogP contribution in [0, 0.1) is 5.82 Å². The van der Waals surface area contributed by atoms with E-state index < -0.39 is 0 Å². The lowest BCUT2D eigenvalue weighted by molar-refractivity contribution is 0.559. The molecule has 0 spiro atoms. The van der Waals surface area contributed by atoms with E-state index in [0.717, 1.165) is 22.6 Å². The maximum Gasteiger partial charge on any atom is 0.123 e. The fourth-order valence-electron chi connectivity index (χ4n) is 2.94. The molecule has 3 nitrogen and oxygen atoms in total. The molecule has 1 aromatic heterocycles. The molecule has 1 unspecified atom stereocenters. The van der Waals surface area contributed by atoms with Crippen molar-refractivity contribution in [2.45, 2.75) is 32.1 Å². The Morgan fingerprint density at radius 1 is 1.04 bits per heavy atom. The Balaban J connectivity index is 2.17. The standard InChI is InChI=1S/C21H24FN3/c1-21(2,3)20-13-19(25(24-20)17-10-5-4-6-11-17)18(14-23)15-8-7-9-16(22)12-15/h4-13,18H,14,23H2,1-3H3. The summed E-state index contributed by atoms with van der Waals surface area (Å²) < 4.78 is 15.7. The first-order valence-corrected chi connectivity index (χ1v) is 8.51. The van der Waals surface area contributed by atoms with Crippen LogP contribution in [0.2, 0.25) is 0 Å². The molecule has 0 saturated carbocycles. The van der Waals surface area contributed by atoms with Crippen LogP contribution in [-0.4, -0.2) is 16.3 Å². The highest BCUT2D eigenvalue weighted by Crippen LogP contribution is 2.31. The topological polar surface area (TPSA) is 43.8 Å². The lowest BCUT2D eigenvalue weighted by Crippen LogP contribution is -2.17. The zero-order valence-electron chi connectivity index (χ0n) is 14.9. The molecule has 3 aromatic rings. The van der Waals surface area contributed by atoms with Crippen molar-refractivity contribution >= 4 is 0 Å². The molecule has 3 rings (SSSR count). The van der Waals surface area contributed by atoms with Crippen molar-refractivity contribution in [3.05, 3.63) is 83.4 Å². The van der Waals surface area contributed by atoms with E-state index >= 15 is 0 Å². The first-order valence-electron chi connectivity index (χ1n) is 8.51.